The van der Waals surface area contributed by atoms with Gasteiger partial charge in [0.2, 0.25) is 0 Å². The summed E-state index contributed by atoms with van der Waals surface area (Å²) in [6, 6.07) is 7.80. The minimum atomic E-state index is -2.61. The highest BCUT2D eigenvalue weighted by atomic mass is 35.5. The number of aliphatic imine (C=N–C) groups is 1. The van der Waals surface area contributed by atoms with Crippen molar-refractivity contribution in [3.05, 3.63) is 53.1 Å². The van der Waals surface area contributed by atoms with Crippen LogP contribution in [0.1, 0.15) is 31.8 Å². The molecule has 0 atom stereocenters. The van der Waals surface area contributed by atoms with Gasteiger partial charge >= 0.3 is 6.55 Å². The molecule has 0 aliphatic rings. The zero-order chi connectivity index (χ0) is 19.2. The molecule has 0 saturated carbocycles. The van der Waals surface area contributed by atoms with Crippen molar-refractivity contribution in [2.24, 2.45) is 10.4 Å². The zero-order valence-electron chi connectivity index (χ0n) is 15.1. The van der Waals surface area contributed by atoms with E-state index in [-0.39, 0.29) is 17.8 Å². The molecule has 0 unspecified atom stereocenters. The normalized spacial score (nSPS) is 12.5. The van der Waals surface area contributed by atoms with Gasteiger partial charge in [-0.2, -0.15) is 8.78 Å². The van der Waals surface area contributed by atoms with Gasteiger partial charge in [0.05, 0.1) is 6.54 Å². The van der Waals surface area contributed by atoms with Crippen LogP contribution >= 0.6 is 11.6 Å². The summed E-state index contributed by atoms with van der Waals surface area (Å²) in [5, 5.41) is 6.97. The summed E-state index contributed by atoms with van der Waals surface area (Å²) in [6.07, 6.45) is 3.45. The Balaban J connectivity index is 1.88. The Morgan fingerprint density at radius 3 is 2.77 bits per heavy atom. The Morgan fingerprint density at radius 2 is 2.12 bits per heavy atom. The lowest BCUT2D eigenvalue weighted by molar-refractivity contribution is 0.0668. The van der Waals surface area contributed by atoms with E-state index in [1.165, 1.54) is 12.4 Å². The highest BCUT2D eigenvalue weighted by Crippen LogP contribution is 2.22. The molecule has 5 nitrogen and oxygen atoms in total. The van der Waals surface area contributed by atoms with Gasteiger partial charge in [-0.15, -0.1) is 0 Å². The second kappa shape index (κ2) is 8.98. The van der Waals surface area contributed by atoms with Gasteiger partial charge in [0.1, 0.15) is 5.82 Å². The quantitative estimate of drug-likeness (QED) is 0.563. The van der Waals surface area contributed by atoms with Crippen LogP contribution in [0.4, 0.5) is 8.78 Å². The van der Waals surface area contributed by atoms with Crippen molar-refractivity contribution < 1.29 is 8.78 Å². The number of nitrogens with one attached hydrogen (secondary N) is 2. The van der Waals surface area contributed by atoms with E-state index < -0.39 is 6.55 Å². The lowest BCUT2D eigenvalue weighted by Gasteiger charge is -2.26. The number of nitrogens with zero attached hydrogens (tertiary/aromatic N) is 3. The maximum absolute atomic E-state index is 12.8. The summed E-state index contributed by atoms with van der Waals surface area (Å²) in [5.41, 5.74) is 1.11. The third-order valence-electron chi connectivity index (χ3n) is 3.90. The summed E-state index contributed by atoms with van der Waals surface area (Å²) in [4.78, 5) is 8.08. The average molecular weight is 384 g/mol. The van der Waals surface area contributed by atoms with E-state index in [1.54, 1.807) is 7.05 Å². The van der Waals surface area contributed by atoms with Gasteiger partial charge in [-0.25, -0.2) is 4.98 Å². The fourth-order valence-electron chi connectivity index (χ4n) is 2.63. The molecule has 1 aromatic carbocycles. The summed E-state index contributed by atoms with van der Waals surface area (Å²) in [6.45, 7) is 2.48. The molecule has 1 aromatic heterocycles. The summed E-state index contributed by atoms with van der Waals surface area (Å²) < 4.78 is 26.5. The molecule has 0 aliphatic heterocycles. The third-order valence-corrected chi connectivity index (χ3v) is 4.14. The molecule has 0 fully saturated rings. The van der Waals surface area contributed by atoms with Crippen LogP contribution < -0.4 is 10.6 Å². The van der Waals surface area contributed by atoms with Crippen molar-refractivity contribution in [1.82, 2.24) is 20.2 Å². The van der Waals surface area contributed by atoms with E-state index in [0.29, 0.717) is 12.5 Å². The Bertz CT molecular complexity index is 743. The molecule has 142 valence electrons. The molecular weight excluding hydrogens is 360 g/mol. The predicted octanol–water partition coefficient (Wildman–Crippen LogP) is 3.87. The second-order valence-electron chi connectivity index (χ2n) is 6.78. The highest BCUT2D eigenvalue weighted by Gasteiger charge is 2.19. The number of alkyl halides is 2. The van der Waals surface area contributed by atoms with Crippen molar-refractivity contribution in [3.8, 4) is 0 Å². The lowest BCUT2D eigenvalue weighted by atomic mass is 9.86. The number of guanidine groups is 1. The van der Waals surface area contributed by atoms with Crippen LogP contribution in [0.2, 0.25) is 5.02 Å². The van der Waals surface area contributed by atoms with Crippen LogP contribution in [0, 0.1) is 5.41 Å². The summed E-state index contributed by atoms with van der Waals surface area (Å²) in [7, 11) is 1.64. The van der Waals surface area contributed by atoms with Crippen molar-refractivity contribution in [2.75, 3.05) is 13.6 Å². The largest absolute Gasteiger partial charge is 0.356 e. The molecular formula is C18H24ClF2N5. The number of hydrogen-bond acceptors (Lipinski definition) is 2. The first-order chi connectivity index (χ1) is 12.3. The minimum absolute atomic E-state index is 0.0518. The second-order valence-corrected chi connectivity index (χ2v) is 7.22. The van der Waals surface area contributed by atoms with E-state index in [4.69, 9.17) is 11.6 Å². The predicted molar refractivity (Wildman–Crippen MR) is 101 cm³/mol. The van der Waals surface area contributed by atoms with E-state index in [9.17, 15) is 8.78 Å². The highest BCUT2D eigenvalue weighted by molar-refractivity contribution is 6.30. The molecule has 1 heterocycles. The van der Waals surface area contributed by atoms with Crippen molar-refractivity contribution in [2.45, 2.75) is 33.4 Å². The van der Waals surface area contributed by atoms with Crippen molar-refractivity contribution in [1.29, 1.82) is 0 Å². The Morgan fingerprint density at radius 1 is 1.35 bits per heavy atom. The molecule has 0 spiro atoms. The molecule has 2 N–H and O–H groups in total. The summed E-state index contributed by atoms with van der Waals surface area (Å²) in [5.74, 6) is 0.786. The number of halogens is 3. The molecule has 0 amide bonds. The van der Waals surface area contributed by atoms with Crippen LogP contribution in [-0.2, 0) is 13.0 Å². The first-order valence-electron chi connectivity index (χ1n) is 8.29. The average Bonchev–Trinajstić information content (AvgIpc) is 3.03. The number of rotatable bonds is 7. The van der Waals surface area contributed by atoms with Gasteiger partial charge in [-0.05, 0) is 29.5 Å². The van der Waals surface area contributed by atoms with Gasteiger partial charge in [0.15, 0.2) is 5.96 Å². The molecule has 0 aliphatic carbocycles. The number of benzene rings is 1. The molecule has 0 radical (unpaired) electrons. The van der Waals surface area contributed by atoms with E-state index in [1.807, 2.05) is 24.3 Å². The van der Waals surface area contributed by atoms with Gasteiger partial charge < -0.3 is 10.6 Å². The lowest BCUT2D eigenvalue weighted by Crippen LogP contribution is -2.42. The topological polar surface area (TPSA) is 54.2 Å². The Labute approximate surface area is 157 Å². The third kappa shape index (κ3) is 5.98. The van der Waals surface area contributed by atoms with Crippen LogP contribution in [0.5, 0.6) is 0 Å². The maximum atomic E-state index is 12.8. The van der Waals surface area contributed by atoms with E-state index in [0.717, 1.165) is 21.6 Å². The Kier molecular flexibility index (Phi) is 6.97. The SMILES string of the molecule is CN=C(NCc1nccn1C(F)F)NCC(C)(C)Cc1cccc(Cl)c1. The summed E-state index contributed by atoms with van der Waals surface area (Å²) >= 11 is 6.04. The molecule has 0 saturated heterocycles. The molecule has 8 heteroatoms. The Hall–Kier alpha value is -2.15. The number of aromatic nitrogens is 2. The fourth-order valence-corrected chi connectivity index (χ4v) is 2.84. The standard InChI is InChI=1S/C18H24ClF2N5/c1-18(2,10-13-5-4-6-14(19)9-13)12-25-17(22-3)24-11-15-23-7-8-26(15)16(20)21/h4-9,16H,10-12H2,1-3H3,(H2,22,24,25). The number of imidazole rings is 1. The van der Waals surface area contributed by atoms with Crippen LogP contribution in [0.25, 0.3) is 0 Å². The minimum Gasteiger partial charge on any atom is -0.356 e. The van der Waals surface area contributed by atoms with Crippen LogP contribution in [0.3, 0.4) is 0 Å². The van der Waals surface area contributed by atoms with Gasteiger partial charge in [-0.1, -0.05) is 37.6 Å². The van der Waals surface area contributed by atoms with E-state index in [2.05, 4.69) is 34.5 Å². The molecule has 26 heavy (non-hydrogen) atoms. The molecule has 2 aromatic rings. The first kappa shape index (κ1) is 20.2. The first-order valence-corrected chi connectivity index (χ1v) is 8.67. The zero-order valence-corrected chi connectivity index (χ0v) is 15.9. The van der Waals surface area contributed by atoms with Crippen LogP contribution in [0.15, 0.2) is 41.7 Å². The molecule has 2 rings (SSSR count). The maximum Gasteiger partial charge on any atom is 0.319 e. The number of hydrogen-bond donors (Lipinski definition) is 2. The van der Waals surface area contributed by atoms with Gasteiger partial charge in [0.25, 0.3) is 0 Å². The monoisotopic (exact) mass is 383 g/mol. The molecule has 0 bridgehead atoms. The van der Waals surface area contributed by atoms with Crippen molar-refractivity contribution in [3.63, 3.8) is 0 Å². The van der Waals surface area contributed by atoms with Gasteiger partial charge in [0, 0.05) is 31.0 Å². The van der Waals surface area contributed by atoms with Crippen LogP contribution in [-0.4, -0.2) is 29.1 Å². The van der Waals surface area contributed by atoms with E-state index >= 15 is 0 Å². The smallest absolute Gasteiger partial charge is 0.319 e. The van der Waals surface area contributed by atoms with Crippen molar-refractivity contribution >= 4 is 17.6 Å². The fraction of sp³-hybridized carbons (Fsp3) is 0.444. The van der Waals surface area contributed by atoms with Gasteiger partial charge in [-0.3, -0.25) is 9.56 Å².